The Morgan fingerprint density at radius 3 is 2.23 bits per heavy atom. The molecule has 1 heterocycles. The topological polar surface area (TPSA) is 103 Å². The standard InChI is InChI=1S/C25H34FN3OS.C4H4O4/c1-28(25(31-2)27-23-7-4-3-5-8-23)24-13-17-29(18-14-24)16-6-19-30-20-15-21-9-11-22(26)12-10-21;5-3(6)1-2-4(7)8/h3-5,7-12,24H,6,13-20H2,1-2H3;1-2H,(H,5,6)(H,7,8)/b;2-1+. The van der Waals surface area contributed by atoms with E-state index in [1.165, 1.54) is 12.1 Å². The Bertz CT molecular complexity index is 1040. The van der Waals surface area contributed by atoms with Crippen LogP contribution in [0, 0.1) is 5.82 Å². The van der Waals surface area contributed by atoms with Gasteiger partial charge in [0.05, 0.1) is 12.3 Å². The summed E-state index contributed by atoms with van der Waals surface area (Å²) in [7, 11) is 2.17. The summed E-state index contributed by atoms with van der Waals surface area (Å²) >= 11 is 1.72. The minimum absolute atomic E-state index is 0.187. The molecule has 212 valence electrons. The van der Waals surface area contributed by atoms with Crippen molar-refractivity contribution in [3.05, 3.63) is 78.1 Å². The molecule has 1 aliphatic rings. The zero-order valence-corrected chi connectivity index (χ0v) is 23.4. The number of thioether (sulfide) groups is 1. The summed E-state index contributed by atoms with van der Waals surface area (Å²) < 4.78 is 18.7. The highest BCUT2D eigenvalue weighted by atomic mass is 32.2. The van der Waals surface area contributed by atoms with Gasteiger partial charge in [0.25, 0.3) is 0 Å². The second-order valence-corrected chi connectivity index (χ2v) is 9.74. The fraction of sp³-hybridized carbons (Fsp3) is 0.414. The first-order valence-corrected chi connectivity index (χ1v) is 14.1. The third-order valence-electron chi connectivity index (χ3n) is 6.15. The van der Waals surface area contributed by atoms with Gasteiger partial charge in [-0.25, -0.2) is 19.0 Å². The maximum Gasteiger partial charge on any atom is 0.328 e. The van der Waals surface area contributed by atoms with Crippen molar-refractivity contribution >= 4 is 34.6 Å². The molecule has 0 saturated carbocycles. The summed E-state index contributed by atoms with van der Waals surface area (Å²) in [5, 5.41) is 16.7. The molecule has 10 heteroatoms. The minimum atomic E-state index is -1.26. The lowest BCUT2D eigenvalue weighted by molar-refractivity contribution is -0.134. The number of amidine groups is 1. The van der Waals surface area contributed by atoms with Crippen molar-refractivity contribution in [2.24, 2.45) is 4.99 Å². The first-order chi connectivity index (χ1) is 18.8. The van der Waals surface area contributed by atoms with Crippen molar-refractivity contribution in [2.45, 2.75) is 31.7 Å². The van der Waals surface area contributed by atoms with Crippen molar-refractivity contribution in [3.8, 4) is 0 Å². The average Bonchev–Trinajstić information content (AvgIpc) is 2.94. The zero-order chi connectivity index (χ0) is 28.5. The Labute approximate surface area is 234 Å². The SMILES string of the molecule is CSC(=Nc1ccccc1)N(C)C1CCN(CCCOCCc2ccc(F)cc2)CC1.O=C(O)/C=C/C(=O)O. The molecule has 1 fully saturated rings. The first kappa shape index (κ1) is 32.0. The molecule has 0 radical (unpaired) electrons. The predicted molar refractivity (Wildman–Crippen MR) is 154 cm³/mol. The summed E-state index contributed by atoms with van der Waals surface area (Å²) in [4.78, 5) is 28.8. The van der Waals surface area contributed by atoms with Gasteiger partial charge >= 0.3 is 11.9 Å². The quantitative estimate of drug-likeness (QED) is 0.173. The van der Waals surface area contributed by atoms with Crippen LogP contribution in [0.3, 0.4) is 0 Å². The Balaban J connectivity index is 0.000000580. The van der Waals surface area contributed by atoms with E-state index >= 15 is 0 Å². The molecule has 0 unspecified atom stereocenters. The van der Waals surface area contributed by atoms with E-state index in [2.05, 4.69) is 35.2 Å². The number of carboxylic acid groups (broad SMARTS) is 2. The van der Waals surface area contributed by atoms with E-state index in [9.17, 15) is 14.0 Å². The van der Waals surface area contributed by atoms with Gasteiger partial charge in [-0.05, 0) is 61.8 Å². The number of ether oxygens (including phenoxy) is 1. The third-order valence-corrected chi connectivity index (χ3v) is 6.89. The van der Waals surface area contributed by atoms with Crippen LogP contribution in [0.25, 0.3) is 0 Å². The lowest BCUT2D eigenvalue weighted by atomic mass is 10.0. The van der Waals surface area contributed by atoms with Crippen LogP contribution in [0.5, 0.6) is 0 Å². The van der Waals surface area contributed by atoms with Crippen molar-refractivity contribution in [2.75, 3.05) is 46.2 Å². The van der Waals surface area contributed by atoms with E-state index in [4.69, 9.17) is 19.9 Å². The van der Waals surface area contributed by atoms with Gasteiger partial charge in [0.2, 0.25) is 0 Å². The molecule has 2 aromatic rings. The number of aliphatic imine (C=N–C) groups is 1. The molecule has 2 N–H and O–H groups in total. The van der Waals surface area contributed by atoms with Crippen molar-refractivity contribution < 1.29 is 28.9 Å². The molecular formula is C29H38FN3O5S. The Morgan fingerprint density at radius 1 is 1.05 bits per heavy atom. The van der Waals surface area contributed by atoms with Crippen molar-refractivity contribution in [1.82, 2.24) is 9.80 Å². The summed E-state index contributed by atoms with van der Waals surface area (Å²) in [5.41, 5.74) is 2.13. The molecule has 0 aliphatic carbocycles. The van der Waals surface area contributed by atoms with Gasteiger partial charge in [-0.1, -0.05) is 42.1 Å². The maximum atomic E-state index is 12.9. The van der Waals surface area contributed by atoms with E-state index in [0.717, 1.165) is 68.3 Å². The van der Waals surface area contributed by atoms with Gasteiger partial charge in [-0.2, -0.15) is 0 Å². The van der Waals surface area contributed by atoms with Gasteiger partial charge in [-0.15, -0.1) is 0 Å². The van der Waals surface area contributed by atoms with Gasteiger partial charge < -0.3 is 24.7 Å². The molecule has 0 spiro atoms. The number of likely N-dealkylation sites (tertiary alicyclic amines) is 1. The van der Waals surface area contributed by atoms with E-state index in [-0.39, 0.29) is 5.82 Å². The van der Waals surface area contributed by atoms with Crippen molar-refractivity contribution in [1.29, 1.82) is 0 Å². The minimum Gasteiger partial charge on any atom is -0.478 e. The summed E-state index contributed by atoms with van der Waals surface area (Å²) in [6.07, 6.45) is 7.43. The molecule has 1 aliphatic heterocycles. The molecule has 1 saturated heterocycles. The number of nitrogens with zero attached hydrogens (tertiary/aromatic N) is 3. The monoisotopic (exact) mass is 559 g/mol. The van der Waals surface area contributed by atoms with Crippen LogP contribution < -0.4 is 0 Å². The van der Waals surface area contributed by atoms with Gasteiger partial charge in [0.15, 0.2) is 5.17 Å². The number of hydrogen-bond acceptors (Lipinski definition) is 6. The van der Waals surface area contributed by atoms with Crippen LogP contribution in [0.2, 0.25) is 0 Å². The van der Waals surface area contributed by atoms with Crippen LogP contribution in [0.4, 0.5) is 10.1 Å². The first-order valence-electron chi connectivity index (χ1n) is 12.9. The summed E-state index contributed by atoms with van der Waals surface area (Å²) in [6.45, 7) is 4.80. The molecule has 8 nitrogen and oxygen atoms in total. The van der Waals surface area contributed by atoms with E-state index in [1.807, 2.05) is 30.3 Å². The number of aliphatic carboxylic acids is 2. The number of para-hydroxylation sites is 1. The molecule has 3 rings (SSSR count). The average molecular weight is 560 g/mol. The van der Waals surface area contributed by atoms with Gasteiger partial charge in [0, 0.05) is 51.5 Å². The summed E-state index contributed by atoms with van der Waals surface area (Å²) in [6, 6.07) is 17.4. The van der Waals surface area contributed by atoms with E-state index in [0.29, 0.717) is 24.8 Å². The third kappa shape index (κ3) is 13.4. The fourth-order valence-corrected chi connectivity index (χ4v) is 4.68. The number of hydrogen-bond donors (Lipinski definition) is 2. The second kappa shape index (κ2) is 18.1. The molecule has 0 atom stereocenters. The Kier molecular flexibility index (Phi) is 14.9. The largest absolute Gasteiger partial charge is 0.478 e. The van der Waals surface area contributed by atoms with E-state index in [1.54, 1.807) is 11.8 Å². The molecular weight excluding hydrogens is 521 g/mol. The van der Waals surface area contributed by atoms with Crippen LogP contribution in [-0.2, 0) is 20.7 Å². The number of rotatable bonds is 11. The van der Waals surface area contributed by atoms with Crippen LogP contribution in [0.15, 0.2) is 71.7 Å². The van der Waals surface area contributed by atoms with E-state index < -0.39 is 11.9 Å². The highest BCUT2D eigenvalue weighted by Crippen LogP contribution is 2.21. The molecule has 0 bridgehead atoms. The van der Waals surface area contributed by atoms with Crippen molar-refractivity contribution in [3.63, 3.8) is 0 Å². The normalized spacial score (nSPS) is 14.6. The summed E-state index contributed by atoms with van der Waals surface area (Å²) in [5.74, 6) is -2.70. The van der Waals surface area contributed by atoms with Gasteiger partial charge in [0.1, 0.15) is 5.82 Å². The second-order valence-electron chi connectivity index (χ2n) is 8.97. The highest BCUT2D eigenvalue weighted by Gasteiger charge is 2.24. The number of benzene rings is 2. The lowest BCUT2D eigenvalue weighted by Gasteiger charge is -2.37. The van der Waals surface area contributed by atoms with Gasteiger partial charge in [-0.3, -0.25) is 0 Å². The Hall–Kier alpha value is -3.21. The molecule has 0 amide bonds. The Morgan fingerprint density at radius 2 is 1.67 bits per heavy atom. The number of halogens is 1. The maximum absolute atomic E-state index is 12.9. The number of carbonyl (C=O) groups is 2. The predicted octanol–water partition coefficient (Wildman–Crippen LogP) is 4.93. The molecule has 2 aromatic carbocycles. The number of piperidine rings is 1. The fourth-order valence-electron chi connectivity index (χ4n) is 4.04. The van der Waals surface area contributed by atoms with Crippen LogP contribution in [-0.4, -0.2) is 89.3 Å². The smallest absolute Gasteiger partial charge is 0.328 e. The highest BCUT2D eigenvalue weighted by molar-refractivity contribution is 8.13. The number of carboxylic acids is 2. The molecule has 39 heavy (non-hydrogen) atoms. The van der Waals surface area contributed by atoms with Crippen LogP contribution in [0.1, 0.15) is 24.8 Å². The molecule has 0 aromatic heterocycles. The van der Waals surface area contributed by atoms with Crippen LogP contribution >= 0.6 is 11.8 Å². The lowest BCUT2D eigenvalue weighted by Crippen LogP contribution is -2.45. The zero-order valence-electron chi connectivity index (χ0n) is 22.5.